The highest BCUT2D eigenvalue weighted by Crippen LogP contribution is 2.20. The zero-order valence-corrected chi connectivity index (χ0v) is 10.9. The summed E-state index contributed by atoms with van der Waals surface area (Å²) in [5, 5.41) is 9.69. The molecule has 1 aliphatic heterocycles. The van der Waals surface area contributed by atoms with Gasteiger partial charge in [-0.05, 0) is 19.4 Å². The van der Waals surface area contributed by atoms with E-state index in [9.17, 15) is 4.79 Å². The van der Waals surface area contributed by atoms with Crippen molar-refractivity contribution in [3.63, 3.8) is 0 Å². The zero-order valence-electron chi connectivity index (χ0n) is 10.1. The molecule has 1 unspecified atom stereocenters. The average molecular weight is 279 g/mol. The van der Waals surface area contributed by atoms with Gasteiger partial charge in [0.2, 0.25) is 5.89 Å². The standard InChI is InChI=1S/C11H13N5O2S/c17-10(14-5-7-4-12-6-19-7)9-15-11(18-16-9)8-2-1-3-13-8/h4,6,8,13H,1-3,5H2,(H,14,17). The largest absolute Gasteiger partial charge is 0.344 e. The van der Waals surface area contributed by atoms with Crippen molar-refractivity contribution in [3.05, 3.63) is 28.3 Å². The fourth-order valence-corrected chi connectivity index (χ4v) is 2.47. The third kappa shape index (κ3) is 2.79. The highest BCUT2D eigenvalue weighted by molar-refractivity contribution is 7.09. The van der Waals surface area contributed by atoms with Crippen LogP contribution in [0.25, 0.3) is 0 Å². The number of hydrogen-bond acceptors (Lipinski definition) is 7. The van der Waals surface area contributed by atoms with E-state index in [0.717, 1.165) is 24.3 Å². The molecule has 0 radical (unpaired) electrons. The predicted octanol–water partition coefficient (Wildman–Crippen LogP) is 0.881. The molecule has 0 saturated carbocycles. The normalized spacial score (nSPS) is 18.6. The number of carbonyl (C=O) groups is 1. The molecule has 2 N–H and O–H groups in total. The second-order valence-electron chi connectivity index (χ2n) is 4.26. The minimum Gasteiger partial charge on any atom is -0.344 e. The number of nitrogens with zero attached hydrogens (tertiary/aromatic N) is 3. The van der Waals surface area contributed by atoms with Crippen LogP contribution >= 0.6 is 11.3 Å². The third-order valence-corrected chi connectivity index (χ3v) is 3.69. The van der Waals surface area contributed by atoms with Crippen molar-refractivity contribution >= 4 is 17.2 Å². The summed E-state index contributed by atoms with van der Waals surface area (Å²) in [4.78, 5) is 20.9. The summed E-state index contributed by atoms with van der Waals surface area (Å²) in [5.74, 6) is 0.232. The lowest BCUT2D eigenvalue weighted by molar-refractivity contribution is 0.0938. The molecule has 1 fully saturated rings. The van der Waals surface area contributed by atoms with Gasteiger partial charge >= 0.3 is 0 Å². The van der Waals surface area contributed by atoms with Gasteiger partial charge in [0.25, 0.3) is 11.7 Å². The number of thiazole rings is 1. The Morgan fingerprint density at radius 2 is 2.58 bits per heavy atom. The molecule has 3 heterocycles. The first-order valence-electron chi connectivity index (χ1n) is 6.05. The van der Waals surface area contributed by atoms with Gasteiger partial charge in [0.05, 0.1) is 18.1 Å². The Hall–Kier alpha value is -1.80. The van der Waals surface area contributed by atoms with Crippen LogP contribution in [0.1, 0.15) is 40.3 Å². The molecule has 3 rings (SSSR count). The minimum atomic E-state index is -0.332. The summed E-state index contributed by atoms with van der Waals surface area (Å²) in [6.07, 6.45) is 3.76. The molecule has 1 amide bonds. The van der Waals surface area contributed by atoms with Gasteiger partial charge in [0.15, 0.2) is 0 Å². The van der Waals surface area contributed by atoms with Crippen molar-refractivity contribution < 1.29 is 9.32 Å². The monoisotopic (exact) mass is 279 g/mol. The molecule has 2 aromatic rings. The van der Waals surface area contributed by atoms with Crippen molar-refractivity contribution in [2.75, 3.05) is 6.54 Å². The summed E-state index contributed by atoms with van der Waals surface area (Å²) in [6, 6.07) is 0.0792. The quantitative estimate of drug-likeness (QED) is 0.863. The van der Waals surface area contributed by atoms with Crippen LogP contribution in [0.4, 0.5) is 0 Å². The lowest BCUT2D eigenvalue weighted by Gasteiger charge is -2.01. The average Bonchev–Trinajstić information content (AvgIpc) is 3.14. The summed E-state index contributed by atoms with van der Waals surface area (Å²) < 4.78 is 5.11. The van der Waals surface area contributed by atoms with Crippen LogP contribution < -0.4 is 10.6 Å². The van der Waals surface area contributed by atoms with Gasteiger partial charge in [-0.1, -0.05) is 5.16 Å². The molecule has 100 valence electrons. The van der Waals surface area contributed by atoms with E-state index in [2.05, 4.69) is 25.8 Å². The van der Waals surface area contributed by atoms with E-state index in [1.54, 1.807) is 11.7 Å². The van der Waals surface area contributed by atoms with Crippen LogP contribution in [0.15, 0.2) is 16.2 Å². The van der Waals surface area contributed by atoms with Gasteiger partial charge < -0.3 is 15.2 Å². The second-order valence-corrected chi connectivity index (χ2v) is 5.23. The van der Waals surface area contributed by atoms with E-state index >= 15 is 0 Å². The van der Waals surface area contributed by atoms with Gasteiger partial charge in [0.1, 0.15) is 0 Å². The van der Waals surface area contributed by atoms with E-state index in [-0.39, 0.29) is 17.8 Å². The highest BCUT2D eigenvalue weighted by Gasteiger charge is 2.24. The van der Waals surface area contributed by atoms with Crippen molar-refractivity contribution in [3.8, 4) is 0 Å². The third-order valence-electron chi connectivity index (χ3n) is 2.91. The van der Waals surface area contributed by atoms with E-state index < -0.39 is 0 Å². The smallest absolute Gasteiger partial charge is 0.292 e. The van der Waals surface area contributed by atoms with Crippen LogP contribution in [0.3, 0.4) is 0 Å². The SMILES string of the molecule is O=C(NCc1cncs1)c1noc(C2CCCN2)n1. The fraction of sp³-hybridized carbons (Fsp3) is 0.455. The molecule has 0 aliphatic carbocycles. The number of aromatic nitrogens is 3. The van der Waals surface area contributed by atoms with E-state index in [1.165, 1.54) is 11.3 Å². The van der Waals surface area contributed by atoms with Crippen LogP contribution in [0.2, 0.25) is 0 Å². The molecular weight excluding hydrogens is 266 g/mol. The number of nitrogens with one attached hydrogen (secondary N) is 2. The molecule has 0 aromatic carbocycles. The van der Waals surface area contributed by atoms with Crippen LogP contribution in [-0.4, -0.2) is 27.6 Å². The van der Waals surface area contributed by atoms with Crippen LogP contribution in [0.5, 0.6) is 0 Å². The maximum absolute atomic E-state index is 11.8. The predicted molar refractivity (Wildman–Crippen MR) is 67.6 cm³/mol. The topological polar surface area (TPSA) is 92.9 Å². The Bertz CT molecular complexity index is 547. The molecule has 8 heteroatoms. The van der Waals surface area contributed by atoms with Gasteiger partial charge in [-0.3, -0.25) is 9.78 Å². The number of rotatable bonds is 4. The minimum absolute atomic E-state index is 0.0771. The van der Waals surface area contributed by atoms with Crippen LogP contribution in [-0.2, 0) is 6.54 Å². The Labute approximate surface area is 113 Å². The highest BCUT2D eigenvalue weighted by atomic mass is 32.1. The Morgan fingerprint density at radius 3 is 3.32 bits per heavy atom. The summed E-state index contributed by atoms with van der Waals surface area (Å²) in [6.45, 7) is 1.37. The van der Waals surface area contributed by atoms with Crippen molar-refractivity contribution in [2.45, 2.75) is 25.4 Å². The molecule has 0 spiro atoms. The van der Waals surface area contributed by atoms with Gasteiger partial charge in [0, 0.05) is 11.1 Å². The first kappa shape index (κ1) is 12.2. The number of hydrogen-bond donors (Lipinski definition) is 2. The Balaban J connectivity index is 1.60. The molecule has 1 aliphatic rings. The van der Waals surface area contributed by atoms with Gasteiger partial charge in [-0.2, -0.15) is 4.98 Å². The van der Waals surface area contributed by atoms with Crippen molar-refractivity contribution in [2.24, 2.45) is 0 Å². The Morgan fingerprint density at radius 1 is 1.63 bits per heavy atom. The van der Waals surface area contributed by atoms with Crippen LogP contribution in [0, 0.1) is 0 Å². The fourth-order valence-electron chi connectivity index (χ4n) is 1.94. The Kier molecular flexibility index (Phi) is 3.51. The summed E-state index contributed by atoms with van der Waals surface area (Å²) >= 11 is 1.49. The molecule has 0 bridgehead atoms. The summed E-state index contributed by atoms with van der Waals surface area (Å²) in [5.41, 5.74) is 1.72. The lowest BCUT2D eigenvalue weighted by atomic mass is 10.2. The molecule has 7 nitrogen and oxygen atoms in total. The lowest BCUT2D eigenvalue weighted by Crippen LogP contribution is -2.23. The number of carbonyl (C=O) groups excluding carboxylic acids is 1. The zero-order chi connectivity index (χ0) is 13.1. The maximum atomic E-state index is 11.8. The van der Waals surface area contributed by atoms with Crippen molar-refractivity contribution in [1.82, 2.24) is 25.8 Å². The number of amides is 1. The van der Waals surface area contributed by atoms with E-state index in [1.807, 2.05) is 0 Å². The molecule has 19 heavy (non-hydrogen) atoms. The molecular formula is C11H13N5O2S. The molecule has 1 atom stereocenters. The van der Waals surface area contributed by atoms with Crippen molar-refractivity contribution in [1.29, 1.82) is 0 Å². The second kappa shape index (κ2) is 5.45. The molecule has 1 saturated heterocycles. The van der Waals surface area contributed by atoms with E-state index in [4.69, 9.17) is 4.52 Å². The van der Waals surface area contributed by atoms with Gasteiger partial charge in [-0.25, -0.2) is 0 Å². The van der Waals surface area contributed by atoms with Gasteiger partial charge in [-0.15, -0.1) is 11.3 Å². The van der Waals surface area contributed by atoms with E-state index in [0.29, 0.717) is 12.4 Å². The first-order chi connectivity index (χ1) is 9.33. The summed E-state index contributed by atoms with van der Waals surface area (Å²) in [7, 11) is 0. The molecule has 2 aromatic heterocycles. The maximum Gasteiger partial charge on any atom is 0.292 e. The first-order valence-corrected chi connectivity index (χ1v) is 6.93.